The van der Waals surface area contributed by atoms with Gasteiger partial charge in [-0.05, 0) is 49.7 Å². The zero-order chi connectivity index (χ0) is 24.1. The second-order valence-corrected chi connectivity index (χ2v) is 10.7. The molecule has 0 aliphatic carbocycles. The van der Waals surface area contributed by atoms with E-state index in [1.165, 1.54) is 20.2 Å². The maximum atomic E-state index is 6.38. The molecule has 0 spiro atoms. The predicted molar refractivity (Wildman–Crippen MR) is 148 cm³/mol. The van der Waals surface area contributed by atoms with Crippen LogP contribution < -0.4 is 4.57 Å². The van der Waals surface area contributed by atoms with Crippen LogP contribution in [0, 0.1) is 13.8 Å². The number of furan rings is 2. The monoisotopic (exact) mass is 485 g/mol. The van der Waals surface area contributed by atoms with E-state index in [-0.39, 0.29) is 0 Å². The van der Waals surface area contributed by atoms with E-state index < -0.39 is 0 Å². The van der Waals surface area contributed by atoms with Crippen LogP contribution in [0.25, 0.3) is 75.4 Å². The molecule has 0 aliphatic rings. The third-order valence-corrected chi connectivity index (χ3v) is 8.47. The molecule has 0 radical (unpaired) electrons. The summed E-state index contributed by atoms with van der Waals surface area (Å²) in [5.74, 6) is 0. The van der Waals surface area contributed by atoms with Gasteiger partial charge >= 0.3 is 0 Å². The first kappa shape index (κ1) is 20.0. The molecule has 0 aliphatic heterocycles. The minimum absolute atomic E-state index is 0.682. The molecular weight excluding hydrogens is 464 g/mol. The van der Waals surface area contributed by atoms with Gasteiger partial charge in [-0.1, -0.05) is 30.3 Å². The number of fused-ring (bicyclic) bond motifs is 9. The zero-order valence-corrected chi connectivity index (χ0v) is 20.9. The van der Waals surface area contributed by atoms with Crippen molar-refractivity contribution < 1.29 is 13.4 Å². The smallest absolute Gasteiger partial charge is 0.227 e. The van der Waals surface area contributed by atoms with E-state index in [2.05, 4.69) is 90.4 Å². The Balaban J connectivity index is 1.44. The molecule has 5 aromatic heterocycles. The minimum Gasteiger partial charge on any atom is -0.450 e. The van der Waals surface area contributed by atoms with Crippen LogP contribution >= 0.6 is 11.3 Å². The molecule has 0 N–H and O–H groups in total. The second-order valence-electron chi connectivity index (χ2n) is 9.63. The van der Waals surface area contributed by atoms with Gasteiger partial charge in [0.1, 0.15) is 12.6 Å². The van der Waals surface area contributed by atoms with Crippen LogP contribution in [0.5, 0.6) is 0 Å². The van der Waals surface area contributed by atoms with Crippen LogP contribution in [0.4, 0.5) is 0 Å². The van der Waals surface area contributed by atoms with E-state index in [9.17, 15) is 0 Å². The van der Waals surface area contributed by atoms with Gasteiger partial charge in [0.2, 0.25) is 17.6 Å². The first-order valence-electron chi connectivity index (χ1n) is 12.0. The van der Waals surface area contributed by atoms with Gasteiger partial charge in [-0.2, -0.15) is 4.57 Å². The molecule has 8 aromatic rings. The summed E-state index contributed by atoms with van der Waals surface area (Å²) in [5.41, 5.74) is 7.63. The van der Waals surface area contributed by atoms with Crippen molar-refractivity contribution in [3.05, 3.63) is 84.2 Å². The van der Waals surface area contributed by atoms with Crippen molar-refractivity contribution in [1.29, 1.82) is 0 Å². The molecule has 0 atom stereocenters. The van der Waals surface area contributed by atoms with Crippen molar-refractivity contribution in [3.8, 4) is 11.3 Å². The van der Waals surface area contributed by atoms with Crippen LogP contribution in [0.2, 0.25) is 0 Å². The van der Waals surface area contributed by atoms with Crippen LogP contribution in [-0.4, -0.2) is 4.98 Å². The molecule has 5 heteroatoms. The molecule has 4 nitrogen and oxygen atoms in total. The summed E-state index contributed by atoms with van der Waals surface area (Å²) >= 11 is 1.83. The fraction of sp³-hybridized carbons (Fsp3) is 0.0968. The lowest BCUT2D eigenvalue weighted by molar-refractivity contribution is -0.659. The zero-order valence-electron chi connectivity index (χ0n) is 20.0. The minimum atomic E-state index is 0.682. The number of benzene rings is 3. The third kappa shape index (κ3) is 2.63. The van der Waals surface area contributed by atoms with Gasteiger partial charge in [-0.3, -0.25) is 0 Å². The van der Waals surface area contributed by atoms with Gasteiger partial charge < -0.3 is 8.83 Å². The summed E-state index contributed by atoms with van der Waals surface area (Å²) < 4.78 is 17.5. The molecule has 0 amide bonds. The highest BCUT2D eigenvalue weighted by molar-refractivity contribution is 7.25. The van der Waals surface area contributed by atoms with Gasteiger partial charge in [0.25, 0.3) is 0 Å². The van der Waals surface area contributed by atoms with E-state index >= 15 is 0 Å². The van der Waals surface area contributed by atoms with Gasteiger partial charge in [0, 0.05) is 53.5 Å². The molecule has 0 saturated carbocycles. The van der Waals surface area contributed by atoms with Crippen LogP contribution in [0.15, 0.2) is 81.8 Å². The topological polar surface area (TPSA) is 43.0 Å². The van der Waals surface area contributed by atoms with Gasteiger partial charge in [-0.25, -0.2) is 4.98 Å². The Morgan fingerprint density at radius 3 is 2.47 bits per heavy atom. The summed E-state index contributed by atoms with van der Waals surface area (Å²) in [7, 11) is 2.07. The lowest BCUT2D eigenvalue weighted by Crippen LogP contribution is -2.30. The SMILES string of the molecule is Cc1ccc2c(n1)oc1c(-c3cc4c(c[n+]3C)oc3cc5c(cc34)sc3ccccc35)c(C)ccc12. The third-order valence-electron chi connectivity index (χ3n) is 7.34. The summed E-state index contributed by atoms with van der Waals surface area (Å²) in [6.45, 7) is 4.13. The number of aryl methyl sites for hydroxylation is 3. The van der Waals surface area contributed by atoms with Crippen molar-refractivity contribution in [3.63, 3.8) is 0 Å². The molecule has 0 fully saturated rings. The lowest BCUT2D eigenvalue weighted by Gasteiger charge is -2.05. The molecule has 0 saturated heterocycles. The quantitative estimate of drug-likeness (QED) is 0.219. The number of hydrogen-bond acceptors (Lipinski definition) is 4. The first-order valence-corrected chi connectivity index (χ1v) is 12.8. The van der Waals surface area contributed by atoms with Crippen LogP contribution in [0.3, 0.4) is 0 Å². The summed E-state index contributed by atoms with van der Waals surface area (Å²) in [6.07, 6.45) is 2.08. The van der Waals surface area contributed by atoms with Crippen LogP contribution in [0.1, 0.15) is 11.3 Å². The van der Waals surface area contributed by atoms with Gasteiger partial charge in [0.05, 0.1) is 5.56 Å². The van der Waals surface area contributed by atoms with E-state index in [1.807, 2.05) is 24.3 Å². The highest BCUT2D eigenvalue weighted by Crippen LogP contribution is 2.41. The summed E-state index contributed by atoms with van der Waals surface area (Å²) in [4.78, 5) is 4.64. The molecule has 36 heavy (non-hydrogen) atoms. The Kier molecular flexibility index (Phi) is 3.85. The van der Waals surface area contributed by atoms with E-state index in [0.717, 1.165) is 60.8 Å². The fourth-order valence-electron chi connectivity index (χ4n) is 5.56. The maximum absolute atomic E-state index is 6.38. The Bertz CT molecular complexity index is 2200. The van der Waals surface area contributed by atoms with Crippen molar-refractivity contribution >= 4 is 75.5 Å². The van der Waals surface area contributed by atoms with E-state index in [4.69, 9.17) is 8.83 Å². The molecule has 172 valence electrons. The van der Waals surface area contributed by atoms with Crippen molar-refractivity contribution in [1.82, 2.24) is 4.98 Å². The molecule has 3 aromatic carbocycles. The Hall–Kier alpha value is -4.22. The number of thiophene rings is 1. The first-order chi connectivity index (χ1) is 17.5. The summed E-state index contributed by atoms with van der Waals surface area (Å²) in [6, 6.07) is 23.7. The largest absolute Gasteiger partial charge is 0.450 e. The van der Waals surface area contributed by atoms with Gasteiger partial charge in [-0.15, -0.1) is 11.3 Å². The number of pyridine rings is 2. The predicted octanol–water partition coefficient (Wildman–Crippen LogP) is 8.36. The summed E-state index contributed by atoms with van der Waals surface area (Å²) in [5, 5.41) is 6.90. The number of nitrogens with zero attached hydrogens (tertiary/aromatic N) is 2. The standard InChI is InChI=1S/C31H21N2O2S/c1-16-8-10-19-20-11-9-17(2)32-31(20)35-30(19)29(16)24-12-21-22-14-28-23(18-6-4-5-7-27(18)36-28)13-25(22)34-26(21)15-33(24)3/h4-15H,1-3H3/q+1. The fourth-order valence-corrected chi connectivity index (χ4v) is 6.69. The normalized spacial score (nSPS) is 12.3. The molecule has 0 unspecified atom stereocenters. The molecule has 0 bridgehead atoms. The second kappa shape index (κ2) is 6.93. The molecule has 5 heterocycles. The van der Waals surface area contributed by atoms with Crippen molar-refractivity contribution in [2.75, 3.05) is 0 Å². The van der Waals surface area contributed by atoms with Crippen molar-refractivity contribution in [2.45, 2.75) is 13.8 Å². The lowest BCUT2D eigenvalue weighted by atomic mass is 9.99. The van der Waals surface area contributed by atoms with Gasteiger partial charge in [0.15, 0.2) is 11.2 Å². The Morgan fingerprint density at radius 2 is 1.56 bits per heavy atom. The molecule has 8 rings (SSSR count). The highest BCUT2D eigenvalue weighted by atomic mass is 32.1. The number of rotatable bonds is 1. The number of aromatic nitrogens is 2. The Labute approximate surface area is 210 Å². The molecular formula is C31H21N2O2S+. The maximum Gasteiger partial charge on any atom is 0.227 e. The van der Waals surface area contributed by atoms with Crippen LogP contribution in [-0.2, 0) is 7.05 Å². The number of hydrogen-bond donors (Lipinski definition) is 0. The van der Waals surface area contributed by atoms with Crippen molar-refractivity contribution in [2.24, 2.45) is 7.05 Å². The highest BCUT2D eigenvalue weighted by Gasteiger charge is 2.24. The van der Waals surface area contributed by atoms with E-state index in [0.29, 0.717) is 5.71 Å². The van der Waals surface area contributed by atoms with E-state index in [1.54, 1.807) is 0 Å². The average molecular weight is 486 g/mol. The average Bonchev–Trinajstić information content (AvgIpc) is 3.52. The Morgan fingerprint density at radius 1 is 0.722 bits per heavy atom.